The molecule has 15 heavy (non-hydrogen) atoms. The maximum absolute atomic E-state index is 8.71. The summed E-state index contributed by atoms with van der Waals surface area (Å²) in [5.74, 6) is 0. The van der Waals surface area contributed by atoms with Crippen LogP contribution in [0.25, 0.3) is 0 Å². The molecular weight excluding hydrogens is 260 g/mol. The van der Waals surface area contributed by atoms with Gasteiger partial charge in [0.1, 0.15) is 11.8 Å². The van der Waals surface area contributed by atoms with Crippen molar-refractivity contribution in [2.75, 3.05) is 0 Å². The number of aromatic nitrogens is 5. The Hall–Kier alpha value is -1.68. The molecule has 0 aliphatic rings. The summed E-state index contributed by atoms with van der Waals surface area (Å²) in [5.41, 5.74) is 1.18. The monoisotopic (exact) mass is 266 g/mol. The summed E-state index contributed by atoms with van der Waals surface area (Å²) >= 11 is 3.25. The Labute approximate surface area is 94.2 Å². The first-order valence-electron chi connectivity index (χ1n) is 4.17. The lowest BCUT2D eigenvalue weighted by Gasteiger charge is -1.94. The Bertz CT molecular complexity index is 519. The van der Waals surface area contributed by atoms with Gasteiger partial charge in [0, 0.05) is 13.2 Å². The molecule has 0 spiro atoms. The van der Waals surface area contributed by atoms with Crippen molar-refractivity contribution in [1.82, 2.24) is 24.8 Å². The lowest BCUT2D eigenvalue weighted by molar-refractivity contribution is 0.619. The van der Waals surface area contributed by atoms with E-state index >= 15 is 0 Å². The van der Waals surface area contributed by atoms with Gasteiger partial charge in [0.15, 0.2) is 5.69 Å². The summed E-state index contributed by atoms with van der Waals surface area (Å²) in [4.78, 5) is 1.49. The molecule has 2 heterocycles. The maximum Gasteiger partial charge on any atom is 0.176 e. The standard InChI is InChI=1S/C8H7BrN6/c1-14-11-3-6(12-14)4-15-5-7(9)8(2-10)13-15/h3,5H,4H2,1H3. The second-order valence-electron chi connectivity index (χ2n) is 2.96. The Morgan fingerprint density at radius 3 is 2.87 bits per heavy atom. The Kier molecular flexibility index (Phi) is 2.51. The third kappa shape index (κ3) is 2.05. The summed E-state index contributed by atoms with van der Waals surface area (Å²) in [5, 5.41) is 20.8. The SMILES string of the molecule is Cn1ncc(Cn2cc(Br)c(C#N)n2)n1. The van der Waals surface area contributed by atoms with Crippen LogP contribution in [0.3, 0.4) is 0 Å². The van der Waals surface area contributed by atoms with E-state index in [-0.39, 0.29) is 0 Å². The summed E-state index contributed by atoms with van der Waals surface area (Å²) in [7, 11) is 1.75. The van der Waals surface area contributed by atoms with Crippen LogP contribution in [0.1, 0.15) is 11.4 Å². The molecule has 0 aliphatic heterocycles. The van der Waals surface area contributed by atoms with Crippen molar-refractivity contribution in [3.05, 3.63) is 28.3 Å². The van der Waals surface area contributed by atoms with E-state index < -0.39 is 0 Å². The van der Waals surface area contributed by atoms with Crippen molar-refractivity contribution in [3.8, 4) is 6.07 Å². The van der Waals surface area contributed by atoms with Crippen LogP contribution in [0, 0.1) is 11.3 Å². The van der Waals surface area contributed by atoms with Gasteiger partial charge in [-0.05, 0) is 15.9 Å². The molecule has 0 amide bonds. The van der Waals surface area contributed by atoms with Gasteiger partial charge in [-0.25, -0.2) is 0 Å². The van der Waals surface area contributed by atoms with Gasteiger partial charge < -0.3 is 0 Å². The van der Waals surface area contributed by atoms with Gasteiger partial charge >= 0.3 is 0 Å². The number of nitriles is 1. The second kappa shape index (κ2) is 3.82. The summed E-state index contributed by atoms with van der Waals surface area (Å²) in [6.07, 6.45) is 3.41. The summed E-state index contributed by atoms with van der Waals surface area (Å²) < 4.78 is 2.33. The number of nitrogens with zero attached hydrogens (tertiary/aromatic N) is 6. The van der Waals surface area contributed by atoms with Crippen molar-refractivity contribution < 1.29 is 0 Å². The highest BCUT2D eigenvalue weighted by Crippen LogP contribution is 2.13. The highest BCUT2D eigenvalue weighted by molar-refractivity contribution is 9.10. The van der Waals surface area contributed by atoms with Crippen LogP contribution in [0.5, 0.6) is 0 Å². The van der Waals surface area contributed by atoms with Gasteiger partial charge in [-0.15, -0.1) is 0 Å². The molecule has 0 saturated heterocycles. The van der Waals surface area contributed by atoms with Gasteiger partial charge in [-0.3, -0.25) is 4.68 Å². The van der Waals surface area contributed by atoms with Gasteiger partial charge in [0.2, 0.25) is 0 Å². The molecule has 0 saturated carbocycles. The molecule has 2 aromatic rings. The maximum atomic E-state index is 8.71. The molecule has 0 fully saturated rings. The van der Waals surface area contributed by atoms with Crippen LogP contribution in [-0.4, -0.2) is 24.8 Å². The number of hydrogen-bond acceptors (Lipinski definition) is 4. The fourth-order valence-corrected chi connectivity index (χ4v) is 1.58. The lowest BCUT2D eigenvalue weighted by Crippen LogP contribution is -2.02. The zero-order valence-corrected chi connectivity index (χ0v) is 9.51. The molecule has 0 N–H and O–H groups in total. The minimum atomic E-state index is 0.374. The average molecular weight is 267 g/mol. The van der Waals surface area contributed by atoms with Crippen LogP contribution in [-0.2, 0) is 13.6 Å². The van der Waals surface area contributed by atoms with E-state index in [1.165, 1.54) is 4.80 Å². The highest BCUT2D eigenvalue weighted by Gasteiger charge is 2.06. The number of rotatable bonds is 2. The molecule has 76 valence electrons. The number of aryl methyl sites for hydroxylation is 1. The average Bonchev–Trinajstić information content (AvgIpc) is 2.73. The molecule has 0 aliphatic carbocycles. The molecule has 2 rings (SSSR count). The van der Waals surface area contributed by atoms with Crippen LogP contribution in [0.15, 0.2) is 16.9 Å². The summed E-state index contributed by atoms with van der Waals surface area (Å²) in [6, 6.07) is 1.99. The Morgan fingerprint density at radius 1 is 1.53 bits per heavy atom. The molecule has 0 radical (unpaired) electrons. The third-order valence-electron chi connectivity index (χ3n) is 1.79. The molecule has 0 bridgehead atoms. The summed E-state index contributed by atoms with van der Waals surface area (Å²) in [6.45, 7) is 0.508. The van der Waals surface area contributed by atoms with E-state index in [1.54, 1.807) is 24.1 Å². The molecule has 7 heteroatoms. The van der Waals surface area contributed by atoms with Gasteiger partial charge in [-0.2, -0.15) is 25.4 Å². The van der Waals surface area contributed by atoms with Crippen LogP contribution in [0.4, 0.5) is 0 Å². The van der Waals surface area contributed by atoms with Gasteiger partial charge in [-0.1, -0.05) is 0 Å². The molecule has 0 aromatic carbocycles. The number of hydrogen-bond donors (Lipinski definition) is 0. The first kappa shape index (κ1) is 9.86. The van der Waals surface area contributed by atoms with E-state index in [1.807, 2.05) is 6.07 Å². The fraction of sp³-hybridized carbons (Fsp3) is 0.250. The van der Waals surface area contributed by atoms with Crippen molar-refractivity contribution in [1.29, 1.82) is 5.26 Å². The second-order valence-corrected chi connectivity index (χ2v) is 3.81. The number of halogens is 1. The quantitative estimate of drug-likeness (QED) is 0.802. The van der Waals surface area contributed by atoms with Crippen molar-refractivity contribution in [2.45, 2.75) is 6.54 Å². The topological polar surface area (TPSA) is 72.3 Å². The molecule has 0 atom stereocenters. The predicted molar refractivity (Wildman–Crippen MR) is 54.7 cm³/mol. The minimum absolute atomic E-state index is 0.374. The highest BCUT2D eigenvalue weighted by atomic mass is 79.9. The zero-order chi connectivity index (χ0) is 10.8. The normalized spacial score (nSPS) is 10.2. The Morgan fingerprint density at radius 2 is 2.33 bits per heavy atom. The van der Waals surface area contributed by atoms with Crippen molar-refractivity contribution in [2.24, 2.45) is 7.05 Å². The predicted octanol–water partition coefficient (Wildman–Crippen LogP) is 0.694. The fourth-order valence-electron chi connectivity index (χ4n) is 1.18. The van der Waals surface area contributed by atoms with E-state index in [4.69, 9.17) is 5.26 Å². The molecule has 6 nitrogen and oxygen atoms in total. The van der Waals surface area contributed by atoms with Gasteiger partial charge in [0.05, 0.1) is 17.2 Å². The van der Waals surface area contributed by atoms with Crippen molar-refractivity contribution in [3.63, 3.8) is 0 Å². The van der Waals surface area contributed by atoms with E-state index in [2.05, 4.69) is 31.2 Å². The Balaban J connectivity index is 2.22. The molecule has 0 unspecified atom stereocenters. The largest absolute Gasteiger partial charge is 0.264 e. The van der Waals surface area contributed by atoms with Crippen LogP contribution < -0.4 is 0 Å². The minimum Gasteiger partial charge on any atom is -0.264 e. The first-order chi connectivity index (χ1) is 7.19. The first-order valence-corrected chi connectivity index (χ1v) is 4.96. The van der Waals surface area contributed by atoms with Crippen LogP contribution >= 0.6 is 15.9 Å². The smallest absolute Gasteiger partial charge is 0.176 e. The van der Waals surface area contributed by atoms with Crippen molar-refractivity contribution >= 4 is 15.9 Å². The van der Waals surface area contributed by atoms with E-state index in [0.717, 1.165) is 5.69 Å². The van der Waals surface area contributed by atoms with E-state index in [0.29, 0.717) is 16.7 Å². The van der Waals surface area contributed by atoms with Crippen LogP contribution in [0.2, 0.25) is 0 Å². The van der Waals surface area contributed by atoms with Gasteiger partial charge in [0.25, 0.3) is 0 Å². The molecule has 2 aromatic heterocycles. The third-order valence-corrected chi connectivity index (χ3v) is 2.37. The molecular formula is C8H7BrN6. The lowest BCUT2D eigenvalue weighted by atomic mass is 10.5. The van der Waals surface area contributed by atoms with E-state index in [9.17, 15) is 0 Å². The zero-order valence-electron chi connectivity index (χ0n) is 7.92.